The van der Waals surface area contributed by atoms with E-state index in [4.69, 9.17) is 14.2 Å². The van der Waals surface area contributed by atoms with Crippen LogP contribution in [0.5, 0.6) is 0 Å². The summed E-state index contributed by atoms with van der Waals surface area (Å²) in [6.07, 6.45) is 6.86. The second-order valence-electron chi connectivity index (χ2n) is 11.6. The summed E-state index contributed by atoms with van der Waals surface area (Å²) < 4.78 is 18.7. The van der Waals surface area contributed by atoms with Crippen molar-refractivity contribution in [3.8, 4) is 0 Å². The second-order valence-corrected chi connectivity index (χ2v) is 11.6. The van der Waals surface area contributed by atoms with Gasteiger partial charge in [0, 0.05) is 0 Å². The Morgan fingerprint density at radius 1 is 0.778 bits per heavy atom. The van der Waals surface area contributed by atoms with E-state index in [2.05, 4.69) is 20.7 Å². The van der Waals surface area contributed by atoms with Crippen molar-refractivity contribution in [1.29, 1.82) is 0 Å². The Labute approximate surface area is 264 Å². The van der Waals surface area contributed by atoms with Crippen molar-refractivity contribution in [3.63, 3.8) is 0 Å². The zero-order chi connectivity index (χ0) is 31.4. The summed E-state index contributed by atoms with van der Waals surface area (Å²) in [4.78, 5) is 43.6. The normalized spacial score (nSPS) is 21.5. The van der Waals surface area contributed by atoms with Gasteiger partial charge < -0.3 is 24.8 Å². The zero-order valence-electron chi connectivity index (χ0n) is 25.9. The standard InChI is InChI=1S/C34H43N5O6/c1-2-43-34(42)31-37-32(33(41)36-27-18-10-12-20-29(27)45-23-25-15-7-4-8-16-25)39(38-31)21-30(40)35-26-17-9-11-19-28(26)44-22-24-13-5-3-6-14-24/h3-8,13-16,26-29H,2,9-12,17-23H2,1H3,(H,35,40)(H,36,41)/t26-,27-,28-,29-/m0/s1. The highest BCUT2D eigenvalue weighted by atomic mass is 16.5. The number of rotatable bonds is 13. The number of benzene rings is 2. The molecule has 45 heavy (non-hydrogen) atoms. The van der Waals surface area contributed by atoms with Crippen molar-refractivity contribution < 1.29 is 28.6 Å². The van der Waals surface area contributed by atoms with Crippen molar-refractivity contribution in [2.45, 2.75) is 102 Å². The molecule has 1 heterocycles. The van der Waals surface area contributed by atoms with Crippen LogP contribution in [0.3, 0.4) is 0 Å². The van der Waals surface area contributed by atoms with E-state index < -0.39 is 11.9 Å². The summed E-state index contributed by atoms with van der Waals surface area (Å²) in [5.74, 6) is -2.01. The summed E-state index contributed by atoms with van der Waals surface area (Å²) in [5, 5.41) is 10.3. The lowest BCUT2D eigenvalue weighted by Gasteiger charge is -2.32. The maximum atomic E-state index is 13.6. The maximum Gasteiger partial charge on any atom is 0.378 e. The van der Waals surface area contributed by atoms with E-state index in [0.29, 0.717) is 13.2 Å². The van der Waals surface area contributed by atoms with Gasteiger partial charge in [0.15, 0.2) is 0 Å². The smallest absolute Gasteiger partial charge is 0.378 e. The molecule has 4 atom stereocenters. The van der Waals surface area contributed by atoms with E-state index in [1.807, 2.05) is 60.7 Å². The summed E-state index contributed by atoms with van der Waals surface area (Å²) >= 11 is 0. The van der Waals surface area contributed by atoms with E-state index in [-0.39, 0.29) is 55.0 Å². The van der Waals surface area contributed by atoms with Crippen LogP contribution in [0, 0.1) is 0 Å². The second kappa shape index (κ2) is 16.3. The Balaban J connectivity index is 1.25. The Kier molecular flexibility index (Phi) is 11.7. The Morgan fingerprint density at radius 2 is 1.31 bits per heavy atom. The number of aromatic nitrogens is 3. The van der Waals surface area contributed by atoms with Crippen molar-refractivity contribution in [3.05, 3.63) is 83.4 Å². The lowest BCUT2D eigenvalue weighted by molar-refractivity contribution is -0.124. The van der Waals surface area contributed by atoms with Crippen LogP contribution >= 0.6 is 0 Å². The van der Waals surface area contributed by atoms with E-state index in [0.717, 1.165) is 62.5 Å². The molecule has 2 fully saturated rings. The van der Waals surface area contributed by atoms with Crippen LogP contribution in [0.4, 0.5) is 0 Å². The van der Waals surface area contributed by atoms with Crippen LogP contribution in [-0.4, -0.2) is 63.4 Å². The summed E-state index contributed by atoms with van der Waals surface area (Å²) in [6, 6.07) is 19.4. The third-order valence-corrected chi connectivity index (χ3v) is 8.31. The molecule has 1 aromatic heterocycles. The number of nitrogens with one attached hydrogen (secondary N) is 2. The van der Waals surface area contributed by atoms with Gasteiger partial charge >= 0.3 is 5.97 Å². The topological polar surface area (TPSA) is 134 Å². The number of amides is 2. The van der Waals surface area contributed by atoms with Gasteiger partial charge in [-0.1, -0.05) is 86.3 Å². The largest absolute Gasteiger partial charge is 0.460 e. The molecule has 0 radical (unpaired) electrons. The van der Waals surface area contributed by atoms with Crippen molar-refractivity contribution >= 4 is 17.8 Å². The van der Waals surface area contributed by atoms with Gasteiger partial charge in [-0.3, -0.25) is 9.59 Å². The lowest BCUT2D eigenvalue weighted by atomic mass is 9.92. The zero-order valence-corrected chi connectivity index (χ0v) is 25.9. The number of nitrogens with zero attached hydrogens (tertiary/aromatic N) is 3. The fourth-order valence-corrected chi connectivity index (χ4v) is 6.00. The number of hydrogen-bond donors (Lipinski definition) is 2. The van der Waals surface area contributed by atoms with Crippen LogP contribution < -0.4 is 10.6 Å². The highest BCUT2D eigenvalue weighted by Crippen LogP contribution is 2.24. The van der Waals surface area contributed by atoms with Crippen molar-refractivity contribution in [1.82, 2.24) is 25.4 Å². The molecular weight excluding hydrogens is 574 g/mol. The third kappa shape index (κ3) is 9.21. The Bertz CT molecular complexity index is 1400. The number of hydrogen-bond acceptors (Lipinski definition) is 8. The monoisotopic (exact) mass is 617 g/mol. The maximum absolute atomic E-state index is 13.6. The molecule has 0 unspecified atom stereocenters. The highest BCUT2D eigenvalue weighted by Gasteiger charge is 2.32. The molecule has 2 saturated carbocycles. The first-order valence-electron chi connectivity index (χ1n) is 16.0. The van der Waals surface area contributed by atoms with E-state index in [1.165, 1.54) is 4.68 Å². The fourth-order valence-electron chi connectivity index (χ4n) is 6.00. The van der Waals surface area contributed by atoms with E-state index >= 15 is 0 Å². The summed E-state index contributed by atoms with van der Waals surface area (Å²) in [5.41, 5.74) is 2.13. The number of esters is 1. The van der Waals surface area contributed by atoms with Gasteiger partial charge in [0.25, 0.3) is 11.7 Å². The molecular formula is C34H43N5O6. The Morgan fingerprint density at radius 3 is 1.87 bits per heavy atom. The van der Waals surface area contributed by atoms with Gasteiger partial charge in [-0.15, -0.1) is 5.10 Å². The average Bonchev–Trinajstić information content (AvgIpc) is 3.49. The van der Waals surface area contributed by atoms with Crippen molar-refractivity contribution in [2.24, 2.45) is 0 Å². The molecule has 11 heteroatoms. The summed E-state index contributed by atoms with van der Waals surface area (Å²) in [6.45, 7) is 2.43. The molecule has 3 aromatic rings. The van der Waals surface area contributed by atoms with Gasteiger partial charge in [-0.2, -0.15) is 4.98 Å². The molecule has 2 N–H and O–H groups in total. The molecule has 240 valence electrons. The van der Waals surface area contributed by atoms with Crippen LogP contribution in [0.2, 0.25) is 0 Å². The lowest BCUT2D eigenvalue weighted by Crippen LogP contribution is -2.48. The van der Waals surface area contributed by atoms with Gasteiger partial charge in [0.1, 0.15) is 6.54 Å². The van der Waals surface area contributed by atoms with Gasteiger partial charge in [0.05, 0.1) is 44.1 Å². The van der Waals surface area contributed by atoms with Gasteiger partial charge in [0.2, 0.25) is 11.7 Å². The number of carbonyl (C=O) groups excluding carboxylic acids is 3. The van der Waals surface area contributed by atoms with Crippen LogP contribution in [0.25, 0.3) is 0 Å². The molecule has 2 aliphatic rings. The predicted molar refractivity (Wildman–Crippen MR) is 166 cm³/mol. The molecule has 0 bridgehead atoms. The minimum Gasteiger partial charge on any atom is -0.460 e. The molecule has 0 saturated heterocycles. The third-order valence-electron chi connectivity index (χ3n) is 8.31. The van der Waals surface area contributed by atoms with Gasteiger partial charge in [-0.05, 0) is 43.7 Å². The first-order chi connectivity index (χ1) is 22.0. The average molecular weight is 618 g/mol. The predicted octanol–water partition coefficient (Wildman–Crippen LogP) is 4.36. The molecule has 0 aliphatic heterocycles. The van der Waals surface area contributed by atoms with Gasteiger partial charge in [-0.25, -0.2) is 9.48 Å². The van der Waals surface area contributed by atoms with Crippen LogP contribution in [-0.2, 0) is 38.8 Å². The van der Waals surface area contributed by atoms with E-state index in [1.54, 1.807) is 6.92 Å². The fraction of sp³-hybridized carbons (Fsp3) is 0.500. The molecule has 2 aliphatic carbocycles. The molecule has 11 nitrogen and oxygen atoms in total. The minimum atomic E-state index is -0.755. The van der Waals surface area contributed by atoms with Crippen LogP contribution in [0.1, 0.15) is 90.7 Å². The van der Waals surface area contributed by atoms with Crippen molar-refractivity contribution in [2.75, 3.05) is 6.61 Å². The molecule has 2 amide bonds. The quantitative estimate of drug-likeness (QED) is 0.271. The molecule has 2 aromatic carbocycles. The van der Waals surface area contributed by atoms with E-state index in [9.17, 15) is 14.4 Å². The number of carbonyl (C=O) groups is 3. The first-order valence-corrected chi connectivity index (χ1v) is 16.0. The summed E-state index contributed by atoms with van der Waals surface area (Å²) in [7, 11) is 0. The Hall–Kier alpha value is -4.09. The minimum absolute atomic E-state index is 0.124. The first kappa shape index (κ1) is 32.3. The molecule has 0 spiro atoms. The number of ether oxygens (including phenoxy) is 3. The van der Waals surface area contributed by atoms with Crippen LogP contribution in [0.15, 0.2) is 60.7 Å². The highest BCUT2D eigenvalue weighted by molar-refractivity contribution is 5.93. The molecule has 5 rings (SSSR count). The SMILES string of the molecule is CCOC(=O)c1nc(C(=O)N[C@H]2CCCC[C@@H]2OCc2ccccc2)n(CC(=O)N[C@H]2CCCC[C@@H]2OCc2ccccc2)n1.